The van der Waals surface area contributed by atoms with Crippen LogP contribution in [0.3, 0.4) is 0 Å². The molecule has 0 unspecified atom stereocenters. The van der Waals surface area contributed by atoms with Crippen LogP contribution in [0.5, 0.6) is 11.5 Å². The zero-order chi connectivity index (χ0) is 20.5. The molecule has 1 aliphatic heterocycles. The first-order valence-electron chi connectivity index (χ1n) is 9.20. The fourth-order valence-corrected chi connectivity index (χ4v) is 3.36. The molecule has 2 aromatic heterocycles. The number of carbonyl (C=O) groups is 1. The molecule has 0 fully saturated rings. The molecule has 0 saturated carbocycles. The van der Waals surface area contributed by atoms with E-state index in [0.29, 0.717) is 58.1 Å². The summed E-state index contributed by atoms with van der Waals surface area (Å²) in [5.41, 5.74) is 2.43. The number of aromatic nitrogens is 4. The van der Waals surface area contributed by atoms with Crippen molar-refractivity contribution in [3.63, 3.8) is 0 Å². The van der Waals surface area contributed by atoms with Gasteiger partial charge >= 0.3 is 0 Å². The third-order valence-electron chi connectivity index (χ3n) is 4.38. The van der Waals surface area contributed by atoms with Crippen LogP contribution in [0.1, 0.15) is 24.3 Å². The van der Waals surface area contributed by atoms with E-state index in [4.69, 9.17) is 21.1 Å². The number of fused-ring (bicyclic) bond motifs is 1. The van der Waals surface area contributed by atoms with Crippen molar-refractivity contribution >= 4 is 17.5 Å². The van der Waals surface area contributed by atoms with Crippen molar-refractivity contribution in [2.75, 3.05) is 13.7 Å². The molecule has 1 N–H and O–H groups in total. The van der Waals surface area contributed by atoms with Crippen LogP contribution in [0, 0.1) is 0 Å². The number of hydrogen-bond donors (Lipinski definition) is 1. The lowest BCUT2D eigenvalue weighted by atomic mass is 10.1. The number of carbonyl (C=O) groups excluding carboxylic acids is 1. The second-order valence-corrected chi connectivity index (χ2v) is 7.22. The lowest BCUT2D eigenvalue weighted by molar-refractivity contribution is 0.0924. The molecule has 0 saturated heterocycles. The molecule has 0 atom stereocenters. The Morgan fingerprint density at radius 1 is 1.24 bits per heavy atom. The van der Waals surface area contributed by atoms with E-state index in [1.165, 1.54) is 0 Å². The van der Waals surface area contributed by atoms with Gasteiger partial charge in [0, 0.05) is 18.3 Å². The molecule has 9 heteroatoms. The molecule has 0 bridgehead atoms. The molecule has 0 radical (unpaired) electrons. The third-order valence-corrected chi connectivity index (χ3v) is 4.66. The van der Waals surface area contributed by atoms with Crippen LogP contribution in [0.15, 0.2) is 30.5 Å². The summed E-state index contributed by atoms with van der Waals surface area (Å²) >= 11 is 6.43. The number of nitrogens with one attached hydrogen (secondary N) is 1. The number of hydrogen-bond acceptors (Lipinski definition) is 6. The smallest absolute Gasteiger partial charge is 0.269 e. The lowest BCUT2D eigenvalue weighted by Crippen LogP contribution is -2.35. The van der Waals surface area contributed by atoms with Crippen LogP contribution < -0.4 is 14.8 Å². The fourth-order valence-electron chi connectivity index (χ4n) is 3.10. The van der Waals surface area contributed by atoms with Crippen LogP contribution in [0.2, 0.25) is 5.02 Å². The van der Waals surface area contributed by atoms with Gasteiger partial charge in [0.05, 0.1) is 30.5 Å². The molecular formula is C20H20ClN5O3. The average Bonchev–Trinajstić information content (AvgIpc) is 3.15. The molecule has 3 heterocycles. The molecule has 150 valence electrons. The monoisotopic (exact) mass is 413 g/mol. The van der Waals surface area contributed by atoms with Crippen molar-refractivity contribution in [3.05, 3.63) is 41.2 Å². The summed E-state index contributed by atoms with van der Waals surface area (Å²) in [5, 5.41) is 7.72. The summed E-state index contributed by atoms with van der Waals surface area (Å²) in [7, 11) is 1.56. The van der Waals surface area contributed by atoms with Crippen LogP contribution in [0.25, 0.3) is 22.8 Å². The summed E-state index contributed by atoms with van der Waals surface area (Å²) in [6, 6.07) is 7.01. The molecule has 29 heavy (non-hydrogen) atoms. The number of methoxy groups -OCH3 is 1. The summed E-state index contributed by atoms with van der Waals surface area (Å²) in [4.78, 5) is 21.0. The standard InChI is InChI=1S/C20H20ClN5O3/c1-11(2)29-18-13(21)8-12(9-17(18)28-3)19-22-5-4-14(24-19)15-10-16-20(27)23-6-7-26(16)25-15/h4-5,8-11H,6-7H2,1-3H3,(H,23,27). The van der Waals surface area contributed by atoms with Gasteiger partial charge in [0.15, 0.2) is 17.3 Å². The maximum atomic E-state index is 12.0. The van der Waals surface area contributed by atoms with E-state index in [9.17, 15) is 4.79 Å². The first-order valence-corrected chi connectivity index (χ1v) is 9.58. The van der Waals surface area contributed by atoms with Crippen LogP contribution in [-0.4, -0.2) is 45.4 Å². The number of ether oxygens (including phenoxy) is 2. The molecule has 8 nitrogen and oxygen atoms in total. The van der Waals surface area contributed by atoms with Gasteiger partial charge in [-0.2, -0.15) is 5.10 Å². The number of rotatable bonds is 5. The Bertz CT molecular complexity index is 1080. The molecule has 1 aromatic carbocycles. The number of halogens is 1. The highest BCUT2D eigenvalue weighted by Crippen LogP contribution is 2.39. The Labute approximate surface area is 172 Å². The van der Waals surface area contributed by atoms with Crippen molar-refractivity contribution in [2.45, 2.75) is 26.5 Å². The van der Waals surface area contributed by atoms with Gasteiger partial charge in [0.2, 0.25) is 0 Å². The Morgan fingerprint density at radius 3 is 2.79 bits per heavy atom. The van der Waals surface area contributed by atoms with Gasteiger partial charge in [0.1, 0.15) is 11.4 Å². The Morgan fingerprint density at radius 2 is 2.07 bits per heavy atom. The third kappa shape index (κ3) is 3.75. The van der Waals surface area contributed by atoms with Crippen LogP contribution >= 0.6 is 11.6 Å². The minimum atomic E-state index is -0.137. The van der Waals surface area contributed by atoms with E-state index in [1.807, 2.05) is 13.8 Å². The van der Waals surface area contributed by atoms with Gasteiger partial charge in [-0.1, -0.05) is 11.6 Å². The summed E-state index contributed by atoms with van der Waals surface area (Å²) < 4.78 is 12.9. The van der Waals surface area contributed by atoms with Gasteiger partial charge < -0.3 is 14.8 Å². The average molecular weight is 414 g/mol. The predicted molar refractivity (Wildman–Crippen MR) is 108 cm³/mol. The lowest BCUT2D eigenvalue weighted by Gasteiger charge is -2.16. The van der Waals surface area contributed by atoms with E-state index in [1.54, 1.807) is 42.3 Å². The highest BCUT2D eigenvalue weighted by atomic mass is 35.5. The van der Waals surface area contributed by atoms with Crippen molar-refractivity contribution in [3.8, 4) is 34.3 Å². The number of amides is 1. The second-order valence-electron chi connectivity index (χ2n) is 6.82. The fraction of sp³-hybridized carbons (Fsp3) is 0.300. The van der Waals surface area contributed by atoms with E-state index in [0.717, 1.165) is 0 Å². The molecular weight excluding hydrogens is 394 g/mol. The van der Waals surface area contributed by atoms with Gasteiger partial charge in [-0.15, -0.1) is 0 Å². The van der Waals surface area contributed by atoms with E-state index >= 15 is 0 Å². The Hall–Kier alpha value is -3.13. The minimum absolute atomic E-state index is 0.0454. The van der Waals surface area contributed by atoms with Gasteiger partial charge in [-0.3, -0.25) is 9.48 Å². The Kier molecular flexibility index (Phi) is 5.10. The van der Waals surface area contributed by atoms with Crippen molar-refractivity contribution in [1.29, 1.82) is 0 Å². The molecule has 3 aromatic rings. The van der Waals surface area contributed by atoms with Crippen molar-refractivity contribution < 1.29 is 14.3 Å². The van der Waals surface area contributed by atoms with E-state index in [-0.39, 0.29) is 12.0 Å². The Balaban J connectivity index is 1.73. The summed E-state index contributed by atoms with van der Waals surface area (Å²) in [6.07, 6.45) is 1.60. The zero-order valence-corrected chi connectivity index (χ0v) is 17.0. The first kappa shape index (κ1) is 19.2. The topological polar surface area (TPSA) is 91.2 Å². The van der Waals surface area contributed by atoms with Crippen LogP contribution in [0.4, 0.5) is 0 Å². The van der Waals surface area contributed by atoms with Gasteiger partial charge in [-0.25, -0.2) is 9.97 Å². The van der Waals surface area contributed by atoms with Crippen molar-refractivity contribution in [1.82, 2.24) is 25.1 Å². The highest BCUT2D eigenvalue weighted by Gasteiger charge is 2.21. The predicted octanol–water partition coefficient (Wildman–Crippen LogP) is 3.20. The number of benzene rings is 1. The van der Waals surface area contributed by atoms with Crippen LogP contribution in [-0.2, 0) is 6.54 Å². The van der Waals surface area contributed by atoms with Gasteiger partial charge in [0.25, 0.3) is 5.91 Å². The zero-order valence-electron chi connectivity index (χ0n) is 16.3. The van der Waals surface area contributed by atoms with E-state index in [2.05, 4.69) is 20.4 Å². The van der Waals surface area contributed by atoms with E-state index < -0.39 is 0 Å². The van der Waals surface area contributed by atoms with Crippen molar-refractivity contribution in [2.24, 2.45) is 0 Å². The maximum Gasteiger partial charge on any atom is 0.269 e. The normalized spacial score (nSPS) is 13.2. The number of nitrogens with zero attached hydrogens (tertiary/aromatic N) is 4. The largest absolute Gasteiger partial charge is 0.493 e. The molecule has 4 rings (SSSR count). The summed E-state index contributed by atoms with van der Waals surface area (Å²) in [6.45, 7) is 5.02. The SMILES string of the molecule is COc1cc(-c2nccc(-c3cc4n(n3)CCNC4=O)n2)cc(Cl)c1OC(C)C. The molecule has 1 amide bonds. The van der Waals surface area contributed by atoms with Gasteiger partial charge in [-0.05, 0) is 38.1 Å². The second kappa shape index (κ2) is 7.71. The quantitative estimate of drug-likeness (QED) is 0.690. The minimum Gasteiger partial charge on any atom is -0.493 e. The highest BCUT2D eigenvalue weighted by molar-refractivity contribution is 6.32. The molecule has 0 aliphatic carbocycles. The summed E-state index contributed by atoms with van der Waals surface area (Å²) in [5.74, 6) is 1.32. The first-order chi connectivity index (χ1) is 14.0. The molecule has 1 aliphatic rings. The maximum absolute atomic E-state index is 12.0. The molecule has 0 spiro atoms.